The molecule has 2 aliphatic heterocycles. The summed E-state index contributed by atoms with van der Waals surface area (Å²) in [4.78, 5) is 35.8. The Hall–Kier alpha value is -2.15. The van der Waals surface area contributed by atoms with Gasteiger partial charge in [0.2, 0.25) is 0 Å². The smallest absolute Gasteiger partial charge is 0.338 e. The minimum absolute atomic E-state index is 0.191. The highest BCUT2D eigenvalue weighted by atomic mass is 16.6. The van der Waals surface area contributed by atoms with Crippen LogP contribution in [0.2, 0.25) is 0 Å². The summed E-state index contributed by atoms with van der Waals surface area (Å²) >= 11 is 0. The van der Waals surface area contributed by atoms with Gasteiger partial charge in [-0.25, -0.2) is 9.59 Å². The zero-order valence-electron chi connectivity index (χ0n) is 12.4. The highest BCUT2D eigenvalue weighted by Gasteiger charge is 2.69. The molecule has 1 N–H and O–H groups in total. The minimum Gasteiger partial charge on any atom is -0.454 e. The quantitative estimate of drug-likeness (QED) is 0.443. The van der Waals surface area contributed by atoms with Crippen molar-refractivity contribution < 1.29 is 33.7 Å². The van der Waals surface area contributed by atoms with E-state index in [0.717, 1.165) is 6.26 Å². The zero-order valence-corrected chi connectivity index (χ0v) is 12.4. The largest absolute Gasteiger partial charge is 0.454 e. The number of rotatable bonds is 2. The fourth-order valence-electron chi connectivity index (χ4n) is 3.29. The Balaban J connectivity index is 1.99. The summed E-state index contributed by atoms with van der Waals surface area (Å²) in [5, 5.41) is 10.7. The fraction of sp³-hybridized carbons (Fsp3) is 0.533. The summed E-state index contributed by atoms with van der Waals surface area (Å²) in [7, 11) is 0. The second-order valence-electron chi connectivity index (χ2n) is 5.91. The van der Waals surface area contributed by atoms with E-state index in [0.29, 0.717) is 5.57 Å². The van der Waals surface area contributed by atoms with Crippen LogP contribution in [-0.2, 0) is 28.6 Å². The average molecular weight is 308 g/mol. The first-order valence-corrected chi connectivity index (χ1v) is 6.96. The van der Waals surface area contributed by atoms with Crippen molar-refractivity contribution in [2.75, 3.05) is 0 Å². The van der Waals surface area contributed by atoms with Gasteiger partial charge in [-0.2, -0.15) is 0 Å². The van der Waals surface area contributed by atoms with Gasteiger partial charge in [-0.15, -0.1) is 0 Å². The van der Waals surface area contributed by atoms with E-state index in [1.165, 1.54) is 6.92 Å². The van der Waals surface area contributed by atoms with E-state index in [4.69, 9.17) is 14.2 Å². The van der Waals surface area contributed by atoms with Crippen molar-refractivity contribution in [1.29, 1.82) is 0 Å². The van der Waals surface area contributed by atoms with E-state index in [1.54, 1.807) is 19.9 Å². The molecule has 7 heteroatoms. The van der Waals surface area contributed by atoms with Crippen LogP contribution in [0.4, 0.5) is 0 Å². The number of allylic oxidation sites excluding steroid dienone is 1. The third-order valence-electron chi connectivity index (χ3n) is 4.60. The molecule has 0 spiro atoms. The number of ether oxygens (including phenoxy) is 3. The van der Waals surface area contributed by atoms with Crippen LogP contribution >= 0.6 is 0 Å². The van der Waals surface area contributed by atoms with E-state index in [9.17, 15) is 19.5 Å². The first-order valence-electron chi connectivity index (χ1n) is 6.96. The number of cyclic esters (lactones) is 1. The molecule has 2 heterocycles. The maximum absolute atomic E-state index is 12.0. The Morgan fingerprint density at radius 1 is 1.45 bits per heavy atom. The molecule has 22 heavy (non-hydrogen) atoms. The number of hydrogen-bond acceptors (Lipinski definition) is 7. The number of carbonyl (C=O) groups excluding carboxylic acids is 3. The van der Waals surface area contributed by atoms with Crippen molar-refractivity contribution >= 4 is 17.9 Å². The highest BCUT2D eigenvalue weighted by Crippen LogP contribution is 2.52. The molecule has 0 amide bonds. The molecule has 1 aliphatic carbocycles. The lowest BCUT2D eigenvalue weighted by Crippen LogP contribution is -2.49. The summed E-state index contributed by atoms with van der Waals surface area (Å²) in [5.41, 5.74) is -1.14. The molecular weight excluding hydrogens is 292 g/mol. The number of carbonyl (C=O) groups is 3. The first-order chi connectivity index (χ1) is 10.3. The second-order valence-corrected chi connectivity index (χ2v) is 5.91. The highest BCUT2D eigenvalue weighted by molar-refractivity contribution is 5.96. The minimum atomic E-state index is -1.68. The van der Waals surface area contributed by atoms with E-state index < -0.39 is 47.6 Å². The molecule has 0 unspecified atom stereocenters. The molecule has 3 rings (SSSR count). The molecular formula is C15H16O7. The van der Waals surface area contributed by atoms with Crippen LogP contribution in [0.15, 0.2) is 23.5 Å². The van der Waals surface area contributed by atoms with Crippen LogP contribution in [0.25, 0.3) is 0 Å². The predicted octanol–water partition coefficient (Wildman–Crippen LogP) is 0.227. The third-order valence-corrected chi connectivity index (χ3v) is 4.60. The van der Waals surface area contributed by atoms with E-state index in [1.807, 2.05) is 0 Å². The number of aliphatic hydroxyl groups is 1. The topological polar surface area (TPSA) is 99.1 Å². The van der Waals surface area contributed by atoms with Gasteiger partial charge in [0.05, 0.1) is 11.5 Å². The SMILES string of the molecule is CC=C(C)C(=O)O[C@H]1[C@H]2OC(=O)C3=COC(=O)[C@@H]([C@@H]32)[C@@]1(C)O. The lowest BCUT2D eigenvalue weighted by Gasteiger charge is -2.32. The van der Waals surface area contributed by atoms with E-state index in [2.05, 4.69) is 0 Å². The molecule has 5 atom stereocenters. The van der Waals surface area contributed by atoms with Gasteiger partial charge >= 0.3 is 17.9 Å². The van der Waals surface area contributed by atoms with Crippen LogP contribution in [0.1, 0.15) is 20.8 Å². The molecule has 0 aromatic carbocycles. The summed E-state index contributed by atoms with van der Waals surface area (Å²) in [6.07, 6.45) is 0.605. The molecule has 1 saturated carbocycles. The van der Waals surface area contributed by atoms with Crippen LogP contribution < -0.4 is 0 Å². The molecule has 0 aromatic heterocycles. The normalized spacial score (nSPS) is 39.8. The van der Waals surface area contributed by atoms with E-state index in [-0.39, 0.29) is 5.57 Å². The van der Waals surface area contributed by atoms with Gasteiger partial charge < -0.3 is 19.3 Å². The third kappa shape index (κ3) is 1.81. The zero-order chi connectivity index (χ0) is 16.2. The summed E-state index contributed by atoms with van der Waals surface area (Å²) in [5.74, 6) is -3.58. The molecule has 1 saturated heterocycles. The number of hydrogen-bond donors (Lipinski definition) is 1. The summed E-state index contributed by atoms with van der Waals surface area (Å²) < 4.78 is 15.4. The molecule has 0 radical (unpaired) electrons. The first kappa shape index (κ1) is 14.8. The van der Waals surface area contributed by atoms with Crippen molar-refractivity contribution in [2.24, 2.45) is 11.8 Å². The Morgan fingerprint density at radius 2 is 2.14 bits per heavy atom. The van der Waals surface area contributed by atoms with Crippen molar-refractivity contribution in [3.8, 4) is 0 Å². The van der Waals surface area contributed by atoms with Gasteiger partial charge in [-0.3, -0.25) is 4.79 Å². The summed E-state index contributed by atoms with van der Waals surface area (Å²) in [6, 6.07) is 0. The van der Waals surface area contributed by atoms with Crippen molar-refractivity contribution in [1.82, 2.24) is 0 Å². The van der Waals surface area contributed by atoms with Gasteiger partial charge in [-0.05, 0) is 20.8 Å². The average Bonchev–Trinajstić information content (AvgIpc) is 2.89. The maximum Gasteiger partial charge on any atom is 0.338 e. The summed E-state index contributed by atoms with van der Waals surface area (Å²) in [6.45, 7) is 4.63. The molecule has 0 aromatic rings. The van der Waals surface area contributed by atoms with Crippen LogP contribution in [-0.4, -0.2) is 40.8 Å². The lowest BCUT2D eigenvalue weighted by atomic mass is 9.82. The van der Waals surface area contributed by atoms with Gasteiger partial charge in [-0.1, -0.05) is 6.08 Å². The standard InChI is InChI=1S/C15H16O7/c1-4-6(2)12(16)22-11-10-8-7(13(17)21-10)5-20-14(18)9(8)15(11,3)19/h4-5,8-11,19H,1-3H3/t8-,9-,10+,11+,15-/m1/s1. The van der Waals surface area contributed by atoms with Gasteiger partial charge in [0.15, 0.2) is 6.10 Å². The lowest BCUT2D eigenvalue weighted by molar-refractivity contribution is -0.178. The molecule has 118 valence electrons. The molecule has 3 aliphatic rings. The van der Waals surface area contributed by atoms with Crippen molar-refractivity contribution in [3.05, 3.63) is 23.5 Å². The second kappa shape index (κ2) is 4.67. The van der Waals surface area contributed by atoms with Crippen molar-refractivity contribution in [3.63, 3.8) is 0 Å². The van der Waals surface area contributed by atoms with Gasteiger partial charge in [0, 0.05) is 5.57 Å². The van der Waals surface area contributed by atoms with Crippen molar-refractivity contribution in [2.45, 2.75) is 38.6 Å². The van der Waals surface area contributed by atoms with Crippen LogP contribution in [0.3, 0.4) is 0 Å². The van der Waals surface area contributed by atoms with Gasteiger partial charge in [0.1, 0.15) is 23.9 Å². The Kier molecular flexibility index (Phi) is 3.14. The van der Waals surface area contributed by atoms with E-state index >= 15 is 0 Å². The Labute approximate surface area is 126 Å². The van der Waals surface area contributed by atoms with Gasteiger partial charge in [0.25, 0.3) is 0 Å². The Bertz CT molecular complexity index is 628. The monoisotopic (exact) mass is 308 g/mol. The van der Waals surface area contributed by atoms with Crippen LogP contribution in [0, 0.1) is 11.8 Å². The maximum atomic E-state index is 12.0. The molecule has 0 bridgehead atoms. The molecule has 7 nitrogen and oxygen atoms in total. The van der Waals surface area contributed by atoms with Crippen LogP contribution in [0.5, 0.6) is 0 Å². The predicted molar refractivity (Wildman–Crippen MR) is 71.0 cm³/mol. The molecule has 2 fully saturated rings. The Morgan fingerprint density at radius 3 is 2.77 bits per heavy atom. The number of esters is 3. The fourth-order valence-corrected chi connectivity index (χ4v) is 3.29.